The van der Waals surface area contributed by atoms with Crippen LogP contribution in [0.3, 0.4) is 0 Å². The van der Waals surface area contributed by atoms with Gasteiger partial charge in [0.2, 0.25) is 0 Å². The number of nitrogens with zero attached hydrogens (tertiary/aromatic N) is 3. The molecule has 22 heavy (non-hydrogen) atoms. The van der Waals surface area contributed by atoms with Crippen LogP contribution in [-0.2, 0) is 5.41 Å². The maximum Gasteiger partial charge on any atom is 0.195 e. The highest BCUT2D eigenvalue weighted by molar-refractivity contribution is 5.79. The van der Waals surface area contributed by atoms with Crippen molar-refractivity contribution in [1.29, 1.82) is 0 Å². The van der Waals surface area contributed by atoms with Crippen LogP contribution in [0.1, 0.15) is 31.2 Å². The van der Waals surface area contributed by atoms with Crippen molar-refractivity contribution in [3.8, 4) is 0 Å². The number of halogens is 2. The summed E-state index contributed by atoms with van der Waals surface area (Å²) < 4.78 is 28.6. The lowest BCUT2D eigenvalue weighted by Gasteiger charge is -2.30. The zero-order valence-corrected chi connectivity index (χ0v) is 13.9. The van der Waals surface area contributed by atoms with Gasteiger partial charge in [0.1, 0.15) is 11.6 Å². The van der Waals surface area contributed by atoms with Crippen molar-refractivity contribution >= 4 is 5.96 Å². The molecule has 5 heteroatoms. The highest BCUT2D eigenvalue weighted by Gasteiger charge is 2.40. The summed E-state index contributed by atoms with van der Waals surface area (Å²) in [6.07, 6.45) is 3.54. The Morgan fingerprint density at radius 3 is 2.00 bits per heavy atom. The lowest BCUT2D eigenvalue weighted by molar-refractivity contribution is 0.393. The Balaban J connectivity index is 2.40. The number of aliphatic imine (C=N–C) groups is 1. The Bertz CT molecular complexity index is 517. The fraction of sp³-hybridized carbons (Fsp3) is 0.588. The molecule has 0 aromatic heterocycles. The second kappa shape index (κ2) is 6.63. The highest BCUT2D eigenvalue weighted by atomic mass is 19.1. The number of hydrogen-bond donors (Lipinski definition) is 0. The van der Waals surface area contributed by atoms with Gasteiger partial charge in [0.05, 0.1) is 6.54 Å². The third-order valence-electron chi connectivity index (χ3n) is 4.38. The van der Waals surface area contributed by atoms with Crippen LogP contribution < -0.4 is 0 Å². The quantitative estimate of drug-likeness (QED) is 0.630. The van der Waals surface area contributed by atoms with Crippen molar-refractivity contribution in [2.75, 3.05) is 34.7 Å². The molecule has 0 atom stereocenters. The minimum Gasteiger partial charge on any atom is -0.349 e. The van der Waals surface area contributed by atoms with Crippen molar-refractivity contribution in [2.45, 2.75) is 31.1 Å². The largest absolute Gasteiger partial charge is 0.349 e. The molecule has 1 aromatic carbocycles. The van der Waals surface area contributed by atoms with Crippen LogP contribution >= 0.6 is 0 Å². The standard InChI is InChI=1S/C17H25F2N3/c1-21(2)16(22(3)4)20-12-17(10-5-6-11-17)15-13(18)8-7-9-14(15)19/h7-9H,5-6,10-12H2,1-4H3. The van der Waals surface area contributed by atoms with Gasteiger partial charge in [-0.1, -0.05) is 18.9 Å². The Morgan fingerprint density at radius 2 is 1.55 bits per heavy atom. The molecule has 0 saturated heterocycles. The van der Waals surface area contributed by atoms with E-state index in [0.717, 1.165) is 31.6 Å². The molecule has 1 saturated carbocycles. The molecule has 1 aliphatic rings. The summed E-state index contributed by atoms with van der Waals surface area (Å²) in [4.78, 5) is 8.50. The van der Waals surface area contributed by atoms with Crippen LogP contribution in [-0.4, -0.2) is 50.5 Å². The fourth-order valence-electron chi connectivity index (χ4n) is 3.45. The molecule has 0 amide bonds. The van der Waals surface area contributed by atoms with Crippen LogP contribution in [0, 0.1) is 11.6 Å². The van der Waals surface area contributed by atoms with Crippen LogP contribution in [0.5, 0.6) is 0 Å². The zero-order valence-electron chi connectivity index (χ0n) is 13.9. The molecule has 2 rings (SSSR count). The van der Waals surface area contributed by atoms with E-state index >= 15 is 0 Å². The zero-order chi connectivity index (χ0) is 16.3. The van der Waals surface area contributed by atoms with Crippen molar-refractivity contribution in [3.05, 3.63) is 35.4 Å². The maximum absolute atomic E-state index is 14.3. The predicted octanol–water partition coefficient (Wildman–Crippen LogP) is 3.26. The molecule has 0 heterocycles. The molecule has 1 aromatic rings. The molecular formula is C17H25F2N3. The van der Waals surface area contributed by atoms with Gasteiger partial charge in [0.15, 0.2) is 5.96 Å². The van der Waals surface area contributed by atoms with Gasteiger partial charge in [-0.15, -0.1) is 0 Å². The van der Waals surface area contributed by atoms with E-state index in [0.29, 0.717) is 6.54 Å². The molecule has 0 unspecified atom stereocenters. The average molecular weight is 309 g/mol. The van der Waals surface area contributed by atoms with Crippen LogP contribution in [0.4, 0.5) is 8.78 Å². The lowest BCUT2D eigenvalue weighted by Crippen LogP contribution is -2.37. The van der Waals surface area contributed by atoms with Gasteiger partial charge in [-0.2, -0.15) is 0 Å². The second-order valence-electron chi connectivity index (χ2n) is 6.49. The normalized spacial score (nSPS) is 16.5. The lowest BCUT2D eigenvalue weighted by atomic mass is 9.78. The van der Waals surface area contributed by atoms with Gasteiger partial charge in [-0.3, -0.25) is 4.99 Å². The highest BCUT2D eigenvalue weighted by Crippen LogP contribution is 2.43. The monoisotopic (exact) mass is 309 g/mol. The van der Waals surface area contributed by atoms with Crippen LogP contribution in [0.2, 0.25) is 0 Å². The molecule has 122 valence electrons. The summed E-state index contributed by atoms with van der Waals surface area (Å²) >= 11 is 0. The smallest absolute Gasteiger partial charge is 0.195 e. The van der Waals surface area contributed by atoms with Crippen molar-refractivity contribution in [2.24, 2.45) is 4.99 Å². The van der Waals surface area contributed by atoms with E-state index in [-0.39, 0.29) is 5.56 Å². The third-order valence-corrected chi connectivity index (χ3v) is 4.38. The molecule has 0 spiro atoms. The summed E-state index contributed by atoms with van der Waals surface area (Å²) in [5.41, 5.74) is -0.305. The minimum atomic E-state index is -0.521. The summed E-state index contributed by atoms with van der Waals surface area (Å²) in [6, 6.07) is 4.12. The average Bonchev–Trinajstić information content (AvgIpc) is 2.87. The van der Waals surface area contributed by atoms with Crippen molar-refractivity contribution < 1.29 is 8.78 Å². The van der Waals surface area contributed by atoms with Crippen molar-refractivity contribution in [1.82, 2.24) is 9.80 Å². The Hall–Kier alpha value is -1.65. The first kappa shape index (κ1) is 16.7. The Morgan fingerprint density at radius 1 is 1.05 bits per heavy atom. The predicted molar refractivity (Wildman–Crippen MR) is 86.2 cm³/mol. The molecule has 0 radical (unpaired) electrons. The summed E-state index contributed by atoms with van der Waals surface area (Å²) in [5, 5.41) is 0. The Labute approximate surface area is 131 Å². The third kappa shape index (κ3) is 3.23. The number of guanidine groups is 1. The maximum atomic E-state index is 14.3. The molecule has 0 N–H and O–H groups in total. The molecule has 1 fully saturated rings. The molecular weight excluding hydrogens is 284 g/mol. The van der Waals surface area contributed by atoms with Gasteiger partial charge in [-0.05, 0) is 25.0 Å². The van der Waals surface area contributed by atoms with E-state index in [1.807, 2.05) is 38.0 Å². The Kier molecular flexibility index (Phi) is 5.04. The first-order valence-electron chi connectivity index (χ1n) is 7.71. The summed E-state index contributed by atoms with van der Waals surface area (Å²) in [6.45, 7) is 0.413. The molecule has 1 aliphatic carbocycles. The molecule has 3 nitrogen and oxygen atoms in total. The van der Waals surface area contributed by atoms with Gasteiger partial charge in [-0.25, -0.2) is 8.78 Å². The summed E-state index contributed by atoms with van der Waals surface area (Å²) in [7, 11) is 7.68. The van der Waals surface area contributed by atoms with Crippen molar-refractivity contribution in [3.63, 3.8) is 0 Å². The van der Waals surface area contributed by atoms with Gasteiger partial charge in [0, 0.05) is 39.2 Å². The fourth-order valence-corrected chi connectivity index (χ4v) is 3.45. The van der Waals surface area contributed by atoms with Crippen LogP contribution in [0.15, 0.2) is 23.2 Å². The van der Waals surface area contributed by atoms with E-state index in [9.17, 15) is 8.78 Å². The minimum absolute atomic E-state index is 0.216. The van der Waals surface area contributed by atoms with E-state index in [2.05, 4.69) is 4.99 Å². The molecule has 0 bridgehead atoms. The first-order valence-corrected chi connectivity index (χ1v) is 7.71. The van der Waals surface area contributed by atoms with E-state index < -0.39 is 17.0 Å². The second-order valence-corrected chi connectivity index (χ2v) is 6.49. The first-order chi connectivity index (χ1) is 10.4. The van der Waals surface area contributed by atoms with E-state index in [1.54, 1.807) is 0 Å². The van der Waals surface area contributed by atoms with Gasteiger partial charge < -0.3 is 9.80 Å². The van der Waals surface area contributed by atoms with Gasteiger partial charge >= 0.3 is 0 Å². The number of rotatable bonds is 3. The number of hydrogen-bond acceptors (Lipinski definition) is 1. The topological polar surface area (TPSA) is 18.8 Å². The van der Waals surface area contributed by atoms with Gasteiger partial charge in [0.25, 0.3) is 0 Å². The van der Waals surface area contributed by atoms with E-state index in [1.165, 1.54) is 18.2 Å². The molecule has 0 aliphatic heterocycles. The SMILES string of the molecule is CN(C)C(=NCC1(c2c(F)cccc2F)CCCC1)N(C)C. The number of benzene rings is 1. The van der Waals surface area contributed by atoms with E-state index in [4.69, 9.17) is 0 Å². The summed E-state index contributed by atoms with van der Waals surface area (Å²) in [5.74, 6) is -0.0928. The van der Waals surface area contributed by atoms with Crippen LogP contribution in [0.25, 0.3) is 0 Å².